The average Bonchev–Trinajstić information content (AvgIpc) is 2.85. The van der Waals surface area contributed by atoms with Gasteiger partial charge < -0.3 is 5.32 Å². The van der Waals surface area contributed by atoms with Gasteiger partial charge in [-0.25, -0.2) is 0 Å². The van der Waals surface area contributed by atoms with Gasteiger partial charge in [-0.1, -0.05) is 6.42 Å². The molecule has 4 atom stereocenters. The van der Waals surface area contributed by atoms with Crippen molar-refractivity contribution in [2.24, 2.45) is 17.8 Å². The van der Waals surface area contributed by atoms with Gasteiger partial charge in [0.2, 0.25) is 0 Å². The topological polar surface area (TPSA) is 12.0 Å². The van der Waals surface area contributed by atoms with E-state index >= 15 is 0 Å². The van der Waals surface area contributed by atoms with E-state index < -0.39 is 0 Å². The third-order valence-corrected chi connectivity index (χ3v) is 5.12. The van der Waals surface area contributed by atoms with Crippen LogP contribution in [0.2, 0.25) is 0 Å². The molecule has 1 nitrogen and oxygen atoms in total. The zero-order valence-corrected chi connectivity index (χ0v) is 11.0. The minimum atomic E-state index is 0.766. The summed E-state index contributed by atoms with van der Waals surface area (Å²) in [5.41, 5.74) is 0. The van der Waals surface area contributed by atoms with E-state index in [1.807, 2.05) is 11.8 Å². The standard InChI is InChI=1S/C13H25NS/c1-10(14-6-3-7-15-2)13-9-11-4-5-12(13)8-11/h10-14H,3-9H2,1-2H3. The fraction of sp³-hybridized carbons (Fsp3) is 1.00. The molecule has 0 aromatic rings. The first-order chi connectivity index (χ1) is 7.31. The van der Waals surface area contributed by atoms with E-state index in [-0.39, 0.29) is 0 Å². The summed E-state index contributed by atoms with van der Waals surface area (Å²) in [5.74, 6) is 4.46. The zero-order chi connectivity index (χ0) is 10.7. The van der Waals surface area contributed by atoms with E-state index in [0.717, 1.165) is 23.8 Å². The number of fused-ring (bicyclic) bond motifs is 2. The lowest BCUT2D eigenvalue weighted by Crippen LogP contribution is -2.36. The predicted molar refractivity (Wildman–Crippen MR) is 69.4 cm³/mol. The Labute approximate surface area is 98.8 Å². The van der Waals surface area contributed by atoms with E-state index in [1.54, 1.807) is 6.42 Å². The van der Waals surface area contributed by atoms with Gasteiger partial charge in [0.1, 0.15) is 0 Å². The zero-order valence-electron chi connectivity index (χ0n) is 10.2. The third kappa shape index (κ3) is 2.91. The Morgan fingerprint density at radius 2 is 2.20 bits per heavy atom. The highest BCUT2D eigenvalue weighted by Gasteiger charge is 2.41. The van der Waals surface area contributed by atoms with Crippen molar-refractivity contribution in [1.82, 2.24) is 5.32 Å². The summed E-state index contributed by atoms with van der Waals surface area (Å²) in [6.45, 7) is 3.63. The molecule has 0 aliphatic heterocycles. The Balaban J connectivity index is 1.65. The summed E-state index contributed by atoms with van der Waals surface area (Å²) in [5, 5.41) is 3.73. The first kappa shape index (κ1) is 11.8. The van der Waals surface area contributed by atoms with Crippen molar-refractivity contribution in [2.75, 3.05) is 18.6 Å². The van der Waals surface area contributed by atoms with Crippen molar-refractivity contribution in [3.8, 4) is 0 Å². The summed E-state index contributed by atoms with van der Waals surface area (Å²) >= 11 is 1.96. The van der Waals surface area contributed by atoms with Crippen molar-refractivity contribution in [2.45, 2.75) is 45.1 Å². The van der Waals surface area contributed by atoms with Crippen LogP contribution >= 0.6 is 11.8 Å². The monoisotopic (exact) mass is 227 g/mol. The van der Waals surface area contributed by atoms with E-state index in [2.05, 4.69) is 18.5 Å². The SMILES string of the molecule is CSCCCNC(C)C1CC2CCC1C2. The second kappa shape index (κ2) is 5.58. The van der Waals surface area contributed by atoms with Crippen LogP contribution in [0.15, 0.2) is 0 Å². The molecule has 2 bridgehead atoms. The van der Waals surface area contributed by atoms with Gasteiger partial charge in [-0.15, -0.1) is 0 Å². The van der Waals surface area contributed by atoms with Gasteiger partial charge in [0.15, 0.2) is 0 Å². The molecular formula is C13H25NS. The molecule has 0 saturated heterocycles. The predicted octanol–water partition coefficient (Wildman–Crippen LogP) is 3.15. The molecule has 0 amide bonds. The molecule has 2 heteroatoms. The maximum Gasteiger partial charge on any atom is 0.00697 e. The minimum Gasteiger partial charge on any atom is -0.314 e. The lowest BCUT2D eigenvalue weighted by atomic mass is 9.84. The molecule has 2 rings (SSSR count). The van der Waals surface area contributed by atoms with E-state index in [0.29, 0.717) is 0 Å². The second-order valence-corrected chi connectivity index (χ2v) is 6.41. The summed E-state index contributed by atoms with van der Waals surface area (Å²) in [4.78, 5) is 0. The molecule has 88 valence electrons. The van der Waals surface area contributed by atoms with E-state index in [1.165, 1.54) is 38.0 Å². The summed E-state index contributed by atoms with van der Waals surface area (Å²) in [6.07, 6.45) is 9.63. The van der Waals surface area contributed by atoms with Gasteiger partial charge in [0, 0.05) is 6.04 Å². The number of rotatable bonds is 6. The molecule has 2 aliphatic carbocycles. The highest BCUT2D eigenvalue weighted by Crippen LogP contribution is 2.49. The second-order valence-electron chi connectivity index (χ2n) is 5.43. The van der Waals surface area contributed by atoms with Gasteiger partial charge in [0.05, 0.1) is 0 Å². The van der Waals surface area contributed by atoms with Crippen LogP contribution in [0.1, 0.15) is 39.0 Å². The smallest absolute Gasteiger partial charge is 0.00697 e. The Hall–Kier alpha value is 0.310. The van der Waals surface area contributed by atoms with Gasteiger partial charge >= 0.3 is 0 Å². The maximum absolute atomic E-state index is 3.73. The van der Waals surface area contributed by atoms with Crippen LogP contribution in [-0.4, -0.2) is 24.6 Å². The first-order valence-corrected chi connectivity index (χ1v) is 7.93. The van der Waals surface area contributed by atoms with Crippen LogP contribution in [0, 0.1) is 17.8 Å². The maximum atomic E-state index is 3.73. The van der Waals surface area contributed by atoms with Crippen molar-refractivity contribution in [3.05, 3.63) is 0 Å². The Morgan fingerprint density at radius 3 is 2.80 bits per heavy atom. The molecule has 0 spiro atoms. The average molecular weight is 227 g/mol. The molecule has 2 fully saturated rings. The van der Waals surface area contributed by atoms with Crippen LogP contribution < -0.4 is 5.32 Å². The Kier molecular flexibility index (Phi) is 4.39. The summed E-state index contributed by atoms with van der Waals surface area (Å²) in [7, 11) is 0. The molecule has 0 radical (unpaired) electrons. The van der Waals surface area contributed by atoms with Crippen molar-refractivity contribution < 1.29 is 0 Å². The number of hydrogen-bond acceptors (Lipinski definition) is 2. The van der Waals surface area contributed by atoms with Crippen molar-refractivity contribution in [1.29, 1.82) is 0 Å². The van der Waals surface area contributed by atoms with Crippen LogP contribution in [0.5, 0.6) is 0 Å². The quantitative estimate of drug-likeness (QED) is 0.700. The largest absolute Gasteiger partial charge is 0.314 e. The number of thioether (sulfide) groups is 1. The molecule has 2 saturated carbocycles. The minimum absolute atomic E-state index is 0.766. The Morgan fingerprint density at radius 1 is 1.33 bits per heavy atom. The van der Waals surface area contributed by atoms with E-state index in [4.69, 9.17) is 0 Å². The van der Waals surface area contributed by atoms with Crippen LogP contribution in [0.25, 0.3) is 0 Å². The van der Waals surface area contributed by atoms with Crippen molar-refractivity contribution >= 4 is 11.8 Å². The molecule has 0 aromatic heterocycles. The normalized spacial score (nSPS) is 36.0. The third-order valence-electron chi connectivity index (χ3n) is 4.43. The Bertz CT molecular complexity index is 195. The van der Waals surface area contributed by atoms with Crippen LogP contribution in [-0.2, 0) is 0 Å². The van der Waals surface area contributed by atoms with Gasteiger partial charge in [-0.05, 0) is 68.9 Å². The fourth-order valence-corrected chi connectivity index (χ4v) is 4.04. The lowest BCUT2D eigenvalue weighted by Gasteiger charge is -2.28. The highest BCUT2D eigenvalue weighted by atomic mass is 32.2. The number of nitrogens with one attached hydrogen (secondary N) is 1. The summed E-state index contributed by atoms with van der Waals surface area (Å²) in [6, 6.07) is 0.766. The summed E-state index contributed by atoms with van der Waals surface area (Å²) < 4.78 is 0. The molecule has 0 aromatic carbocycles. The van der Waals surface area contributed by atoms with Crippen molar-refractivity contribution in [3.63, 3.8) is 0 Å². The first-order valence-electron chi connectivity index (χ1n) is 6.53. The van der Waals surface area contributed by atoms with E-state index in [9.17, 15) is 0 Å². The van der Waals surface area contributed by atoms with Gasteiger partial charge in [-0.3, -0.25) is 0 Å². The van der Waals surface area contributed by atoms with Crippen LogP contribution in [0.3, 0.4) is 0 Å². The van der Waals surface area contributed by atoms with Crippen LogP contribution in [0.4, 0.5) is 0 Å². The molecule has 4 unspecified atom stereocenters. The molecule has 2 aliphatic rings. The lowest BCUT2D eigenvalue weighted by molar-refractivity contribution is 0.261. The number of hydrogen-bond donors (Lipinski definition) is 1. The highest BCUT2D eigenvalue weighted by molar-refractivity contribution is 7.98. The van der Waals surface area contributed by atoms with Gasteiger partial charge in [-0.2, -0.15) is 11.8 Å². The fourth-order valence-electron chi connectivity index (χ4n) is 3.60. The molecule has 1 N–H and O–H groups in total. The molecule has 15 heavy (non-hydrogen) atoms. The molecule has 0 heterocycles. The van der Waals surface area contributed by atoms with Gasteiger partial charge in [0.25, 0.3) is 0 Å². The molecular weight excluding hydrogens is 202 g/mol.